The predicted molar refractivity (Wildman–Crippen MR) is 76.8 cm³/mol. The molecule has 1 aliphatic carbocycles. The van der Waals surface area contributed by atoms with E-state index in [4.69, 9.17) is 0 Å². The molecule has 1 saturated heterocycles. The van der Waals surface area contributed by atoms with Crippen LogP contribution >= 0.6 is 15.9 Å². The Labute approximate surface area is 121 Å². The van der Waals surface area contributed by atoms with Gasteiger partial charge in [0.2, 0.25) is 0 Å². The van der Waals surface area contributed by atoms with E-state index in [-0.39, 0.29) is 0 Å². The molecule has 1 aromatic rings. The molecule has 1 aliphatic heterocycles. The van der Waals surface area contributed by atoms with Crippen molar-refractivity contribution in [2.24, 2.45) is 11.3 Å². The molecule has 4 heteroatoms. The van der Waals surface area contributed by atoms with E-state index in [0.29, 0.717) is 12.5 Å². The molecule has 1 aromatic carbocycles. The Balaban J connectivity index is 1.72. The SMILES string of the molecule is O=C(O)[C@@]12CCC[C@H]1CN(Cc1ccc(Br)cc1)C2. The van der Waals surface area contributed by atoms with Crippen LogP contribution in [0.2, 0.25) is 0 Å². The van der Waals surface area contributed by atoms with Crippen molar-refractivity contribution in [3.05, 3.63) is 34.3 Å². The summed E-state index contributed by atoms with van der Waals surface area (Å²) in [6, 6.07) is 8.29. The maximum absolute atomic E-state index is 11.6. The smallest absolute Gasteiger partial charge is 0.311 e. The lowest BCUT2D eigenvalue weighted by atomic mass is 9.81. The van der Waals surface area contributed by atoms with Crippen molar-refractivity contribution in [2.45, 2.75) is 25.8 Å². The standard InChI is InChI=1S/C15H18BrNO2/c16-13-5-3-11(4-6-13)8-17-9-12-2-1-7-15(12,10-17)14(18)19/h3-6,12H,1-2,7-10H2,(H,18,19)/t12-,15+/m0/s1. The molecule has 1 saturated carbocycles. The Morgan fingerprint density at radius 3 is 2.79 bits per heavy atom. The number of carboxylic acid groups (broad SMARTS) is 1. The molecule has 2 aliphatic rings. The Hall–Kier alpha value is -0.870. The molecule has 1 N–H and O–H groups in total. The topological polar surface area (TPSA) is 40.5 Å². The van der Waals surface area contributed by atoms with E-state index < -0.39 is 11.4 Å². The van der Waals surface area contributed by atoms with Crippen LogP contribution in [0, 0.1) is 11.3 Å². The summed E-state index contributed by atoms with van der Waals surface area (Å²) in [5, 5.41) is 9.56. The average Bonchev–Trinajstić information content (AvgIpc) is 2.89. The summed E-state index contributed by atoms with van der Waals surface area (Å²) in [7, 11) is 0. The summed E-state index contributed by atoms with van der Waals surface area (Å²) in [5.41, 5.74) is 0.791. The molecule has 0 unspecified atom stereocenters. The lowest BCUT2D eigenvalue weighted by molar-refractivity contribution is -0.149. The number of nitrogens with zero attached hydrogens (tertiary/aromatic N) is 1. The molecule has 0 amide bonds. The average molecular weight is 324 g/mol. The van der Waals surface area contributed by atoms with Crippen LogP contribution in [0.1, 0.15) is 24.8 Å². The highest BCUT2D eigenvalue weighted by atomic mass is 79.9. The fraction of sp³-hybridized carbons (Fsp3) is 0.533. The van der Waals surface area contributed by atoms with Crippen LogP contribution in [0.15, 0.2) is 28.7 Å². The minimum absolute atomic E-state index is 0.348. The molecule has 2 atom stereocenters. The van der Waals surface area contributed by atoms with Crippen LogP contribution in [0.25, 0.3) is 0 Å². The molecule has 1 heterocycles. The lowest BCUT2D eigenvalue weighted by Crippen LogP contribution is -2.35. The number of halogens is 1. The number of carbonyl (C=O) groups is 1. The molecule has 102 valence electrons. The first kappa shape index (κ1) is 13.1. The van der Waals surface area contributed by atoms with Gasteiger partial charge in [0.1, 0.15) is 0 Å². The molecule has 0 bridgehead atoms. The minimum Gasteiger partial charge on any atom is -0.481 e. The fourth-order valence-electron chi connectivity index (χ4n) is 3.71. The third-order valence-corrected chi connectivity index (χ3v) is 5.22. The van der Waals surface area contributed by atoms with Gasteiger partial charge < -0.3 is 5.11 Å². The van der Waals surface area contributed by atoms with Gasteiger partial charge >= 0.3 is 5.97 Å². The predicted octanol–water partition coefficient (Wildman–Crippen LogP) is 3.14. The highest BCUT2D eigenvalue weighted by Crippen LogP contribution is 2.49. The van der Waals surface area contributed by atoms with Crippen molar-refractivity contribution in [2.75, 3.05) is 13.1 Å². The number of aliphatic carboxylic acids is 1. The molecular formula is C15H18BrNO2. The second kappa shape index (κ2) is 4.91. The second-order valence-electron chi connectivity index (χ2n) is 5.85. The van der Waals surface area contributed by atoms with E-state index in [1.807, 2.05) is 12.1 Å². The largest absolute Gasteiger partial charge is 0.481 e. The fourth-order valence-corrected chi connectivity index (χ4v) is 3.98. The maximum Gasteiger partial charge on any atom is 0.311 e. The van der Waals surface area contributed by atoms with Crippen LogP contribution in [0.5, 0.6) is 0 Å². The summed E-state index contributed by atoms with van der Waals surface area (Å²) >= 11 is 3.43. The Kier molecular flexibility index (Phi) is 3.39. The summed E-state index contributed by atoms with van der Waals surface area (Å²) in [4.78, 5) is 13.9. The van der Waals surface area contributed by atoms with Crippen LogP contribution in [-0.2, 0) is 11.3 Å². The Morgan fingerprint density at radius 2 is 2.16 bits per heavy atom. The van der Waals surface area contributed by atoms with Gasteiger partial charge in [-0.05, 0) is 36.5 Å². The number of benzene rings is 1. The molecule has 3 rings (SSSR count). The first-order valence-corrected chi connectivity index (χ1v) is 7.60. The monoisotopic (exact) mass is 323 g/mol. The number of carboxylic acids is 1. The van der Waals surface area contributed by atoms with Gasteiger partial charge in [0, 0.05) is 24.1 Å². The van der Waals surface area contributed by atoms with Gasteiger partial charge in [-0.25, -0.2) is 0 Å². The van der Waals surface area contributed by atoms with E-state index in [9.17, 15) is 9.90 Å². The summed E-state index contributed by atoms with van der Waals surface area (Å²) in [6.07, 6.45) is 3.00. The van der Waals surface area contributed by atoms with E-state index >= 15 is 0 Å². The van der Waals surface area contributed by atoms with Crippen molar-refractivity contribution < 1.29 is 9.90 Å². The highest BCUT2D eigenvalue weighted by Gasteiger charge is 2.54. The molecule has 2 fully saturated rings. The first-order chi connectivity index (χ1) is 9.10. The zero-order valence-electron chi connectivity index (χ0n) is 10.8. The number of likely N-dealkylation sites (tertiary alicyclic amines) is 1. The zero-order valence-corrected chi connectivity index (χ0v) is 12.4. The van der Waals surface area contributed by atoms with Gasteiger partial charge in [-0.3, -0.25) is 9.69 Å². The van der Waals surface area contributed by atoms with Crippen LogP contribution < -0.4 is 0 Å². The second-order valence-corrected chi connectivity index (χ2v) is 6.76. The quantitative estimate of drug-likeness (QED) is 0.929. The van der Waals surface area contributed by atoms with Gasteiger partial charge in [-0.15, -0.1) is 0 Å². The van der Waals surface area contributed by atoms with Gasteiger partial charge in [0.15, 0.2) is 0 Å². The Bertz CT molecular complexity index is 487. The third-order valence-electron chi connectivity index (χ3n) is 4.69. The molecule has 3 nitrogen and oxygen atoms in total. The Morgan fingerprint density at radius 1 is 1.42 bits per heavy atom. The van der Waals surface area contributed by atoms with Crippen LogP contribution in [0.3, 0.4) is 0 Å². The summed E-state index contributed by atoms with van der Waals surface area (Å²) < 4.78 is 1.08. The highest BCUT2D eigenvalue weighted by molar-refractivity contribution is 9.10. The third kappa shape index (κ3) is 2.32. The van der Waals surface area contributed by atoms with Crippen LogP contribution in [0.4, 0.5) is 0 Å². The van der Waals surface area contributed by atoms with E-state index in [2.05, 4.69) is 33.0 Å². The van der Waals surface area contributed by atoms with E-state index in [0.717, 1.165) is 36.8 Å². The van der Waals surface area contributed by atoms with Gasteiger partial charge in [0.25, 0.3) is 0 Å². The van der Waals surface area contributed by atoms with Crippen molar-refractivity contribution >= 4 is 21.9 Å². The minimum atomic E-state index is -0.590. The number of hydrogen-bond acceptors (Lipinski definition) is 2. The van der Waals surface area contributed by atoms with E-state index in [1.165, 1.54) is 5.56 Å². The van der Waals surface area contributed by atoms with Gasteiger partial charge in [-0.1, -0.05) is 34.5 Å². The van der Waals surface area contributed by atoms with Crippen molar-refractivity contribution in [1.82, 2.24) is 4.90 Å². The number of fused-ring (bicyclic) bond motifs is 1. The van der Waals surface area contributed by atoms with Gasteiger partial charge in [0.05, 0.1) is 5.41 Å². The number of rotatable bonds is 3. The maximum atomic E-state index is 11.6. The van der Waals surface area contributed by atoms with Crippen molar-refractivity contribution in [3.63, 3.8) is 0 Å². The normalized spacial score (nSPS) is 30.5. The molecule has 0 aromatic heterocycles. The first-order valence-electron chi connectivity index (χ1n) is 6.80. The molecule has 19 heavy (non-hydrogen) atoms. The summed E-state index contributed by atoms with van der Waals surface area (Å²) in [5.74, 6) is -0.242. The molecule has 0 spiro atoms. The van der Waals surface area contributed by atoms with E-state index in [1.54, 1.807) is 0 Å². The number of hydrogen-bond donors (Lipinski definition) is 1. The van der Waals surface area contributed by atoms with Crippen molar-refractivity contribution in [3.8, 4) is 0 Å². The van der Waals surface area contributed by atoms with Crippen LogP contribution in [-0.4, -0.2) is 29.1 Å². The molecule has 0 radical (unpaired) electrons. The lowest BCUT2D eigenvalue weighted by Gasteiger charge is -2.23. The van der Waals surface area contributed by atoms with Gasteiger partial charge in [-0.2, -0.15) is 0 Å². The molecular weight excluding hydrogens is 306 g/mol. The zero-order chi connectivity index (χ0) is 13.5. The van der Waals surface area contributed by atoms with Crippen molar-refractivity contribution in [1.29, 1.82) is 0 Å². The summed E-state index contributed by atoms with van der Waals surface area (Å²) in [6.45, 7) is 2.50.